The fourth-order valence-electron chi connectivity index (χ4n) is 2.08. The van der Waals surface area contributed by atoms with Crippen LogP contribution in [0.15, 0.2) is 30.5 Å². The average Bonchev–Trinajstić information content (AvgIpc) is 2.29. The maximum absolute atomic E-state index is 4.43. The SMILES string of the molecule is [Li].c1cnc2c3c(ccc2c1)CCCN3. The molecule has 3 rings (SSSR count). The summed E-state index contributed by atoms with van der Waals surface area (Å²) in [5, 5.41) is 4.67. The molecule has 2 nitrogen and oxygen atoms in total. The van der Waals surface area contributed by atoms with Gasteiger partial charge in [0.25, 0.3) is 0 Å². The zero-order valence-electron chi connectivity index (χ0n) is 8.96. The third-order valence-corrected chi connectivity index (χ3v) is 2.79. The molecule has 1 N–H and O–H groups in total. The zero-order valence-corrected chi connectivity index (χ0v) is 8.96. The van der Waals surface area contributed by atoms with Crippen LogP contribution in [0.25, 0.3) is 10.9 Å². The van der Waals surface area contributed by atoms with Crippen molar-refractivity contribution in [2.75, 3.05) is 11.9 Å². The molecule has 1 aromatic carbocycles. The molecule has 1 aliphatic rings. The van der Waals surface area contributed by atoms with Gasteiger partial charge >= 0.3 is 0 Å². The first-order valence-corrected chi connectivity index (χ1v) is 5.05. The topological polar surface area (TPSA) is 24.9 Å². The number of aryl methyl sites for hydroxylation is 1. The molecule has 71 valence electrons. The first kappa shape index (κ1) is 10.5. The van der Waals surface area contributed by atoms with Crippen LogP contribution in [0.5, 0.6) is 0 Å². The molecule has 0 amide bonds. The standard InChI is InChI=1S/C12H12N2.Li/c1-3-9-5-6-10-4-2-8-14-12(10)11(9)13-7-1;/h1,3,5-7,14H,2,4,8H2;. The number of aromatic nitrogens is 1. The molecule has 0 aliphatic carbocycles. The third kappa shape index (κ3) is 1.76. The normalized spacial score (nSPS) is 13.9. The van der Waals surface area contributed by atoms with Gasteiger partial charge in [-0.1, -0.05) is 18.2 Å². The van der Waals surface area contributed by atoms with Crippen LogP contribution in [-0.2, 0) is 6.42 Å². The van der Waals surface area contributed by atoms with E-state index >= 15 is 0 Å². The quantitative estimate of drug-likeness (QED) is 0.646. The second-order valence-electron chi connectivity index (χ2n) is 3.71. The maximum Gasteiger partial charge on any atom is 0.0936 e. The Kier molecular flexibility index (Phi) is 3.00. The van der Waals surface area contributed by atoms with Crippen LogP contribution in [-0.4, -0.2) is 30.4 Å². The van der Waals surface area contributed by atoms with Gasteiger partial charge < -0.3 is 5.32 Å². The van der Waals surface area contributed by atoms with Gasteiger partial charge in [0, 0.05) is 37.0 Å². The summed E-state index contributed by atoms with van der Waals surface area (Å²) in [6.07, 6.45) is 4.26. The number of fused-ring (bicyclic) bond motifs is 3. The van der Waals surface area contributed by atoms with Gasteiger partial charge in [-0.15, -0.1) is 0 Å². The fraction of sp³-hybridized carbons (Fsp3) is 0.250. The molecule has 0 unspecified atom stereocenters. The molecule has 2 heterocycles. The Balaban J connectivity index is 0.000000853. The summed E-state index contributed by atoms with van der Waals surface area (Å²) < 4.78 is 0. The van der Waals surface area contributed by atoms with Crippen LogP contribution in [0.3, 0.4) is 0 Å². The minimum absolute atomic E-state index is 0. The molecule has 2 aromatic rings. The number of pyridine rings is 1. The number of nitrogens with one attached hydrogen (secondary N) is 1. The van der Waals surface area contributed by atoms with Crippen molar-refractivity contribution < 1.29 is 0 Å². The largest absolute Gasteiger partial charge is 0.383 e. The molecule has 0 fully saturated rings. The van der Waals surface area contributed by atoms with Gasteiger partial charge in [-0.3, -0.25) is 4.98 Å². The van der Waals surface area contributed by atoms with E-state index in [0.717, 1.165) is 12.1 Å². The van der Waals surface area contributed by atoms with E-state index in [4.69, 9.17) is 0 Å². The predicted molar refractivity (Wildman–Crippen MR) is 64.3 cm³/mol. The molecule has 1 radical (unpaired) electrons. The van der Waals surface area contributed by atoms with Crippen LogP contribution >= 0.6 is 0 Å². The van der Waals surface area contributed by atoms with E-state index in [1.165, 1.54) is 29.5 Å². The summed E-state index contributed by atoms with van der Waals surface area (Å²) in [6, 6.07) is 8.47. The number of hydrogen-bond donors (Lipinski definition) is 1. The van der Waals surface area contributed by atoms with Crippen LogP contribution < -0.4 is 5.32 Å². The second-order valence-corrected chi connectivity index (χ2v) is 3.71. The number of hydrogen-bond acceptors (Lipinski definition) is 2. The predicted octanol–water partition coefficient (Wildman–Crippen LogP) is 2.21. The number of nitrogens with zero attached hydrogens (tertiary/aromatic N) is 1. The Morgan fingerprint density at radius 3 is 3.07 bits per heavy atom. The number of rotatable bonds is 0. The molecule has 0 bridgehead atoms. The minimum atomic E-state index is 0. The summed E-state index contributed by atoms with van der Waals surface area (Å²) in [6.45, 7) is 1.07. The van der Waals surface area contributed by atoms with E-state index in [-0.39, 0.29) is 18.9 Å². The molecule has 0 atom stereocenters. The Hall–Kier alpha value is -0.973. The van der Waals surface area contributed by atoms with Gasteiger partial charge in [-0.2, -0.15) is 0 Å². The van der Waals surface area contributed by atoms with E-state index in [9.17, 15) is 0 Å². The molecular weight excluding hydrogens is 179 g/mol. The molecular formula is C12H12LiN2. The molecule has 0 saturated heterocycles. The molecule has 1 aromatic heterocycles. The van der Waals surface area contributed by atoms with E-state index in [1.54, 1.807) is 0 Å². The van der Waals surface area contributed by atoms with Gasteiger partial charge in [0.1, 0.15) is 0 Å². The Bertz CT molecular complexity index is 482. The summed E-state index contributed by atoms with van der Waals surface area (Å²) in [5.74, 6) is 0. The van der Waals surface area contributed by atoms with Crippen molar-refractivity contribution in [3.63, 3.8) is 0 Å². The maximum atomic E-state index is 4.43. The second kappa shape index (κ2) is 4.26. The van der Waals surface area contributed by atoms with Gasteiger partial charge in [0.15, 0.2) is 0 Å². The van der Waals surface area contributed by atoms with Crippen LogP contribution in [0, 0.1) is 0 Å². The van der Waals surface area contributed by atoms with Crippen molar-refractivity contribution in [3.05, 3.63) is 36.0 Å². The zero-order chi connectivity index (χ0) is 9.38. The van der Waals surface area contributed by atoms with Crippen molar-refractivity contribution in [1.82, 2.24) is 4.98 Å². The average molecular weight is 191 g/mol. The van der Waals surface area contributed by atoms with Gasteiger partial charge in [-0.25, -0.2) is 0 Å². The van der Waals surface area contributed by atoms with E-state index in [2.05, 4.69) is 28.5 Å². The molecule has 0 spiro atoms. The Morgan fingerprint density at radius 1 is 1.20 bits per heavy atom. The summed E-state index contributed by atoms with van der Waals surface area (Å²) in [7, 11) is 0. The van der Waals surface area contributed by atoms with Crippen LogP contribution in [0.1, 0.15) is 12.0 Å². The van der Waals surface area contributed by atoms with Gasteiger partial charge in [0.2, 0.25) is 0 Å². The fourth-order valence-corrected chi connectivity index (χ4v) is 2.08. The van der Waals surface area contributed by atoms with Crippen LogP contribution in [0.4, 0.5) is 5.69 Å². The monoisotopic (exact) mass is 191 g/mol. The first-order chi connectivity index (χ1) is 6.95. The van der Waals surface area contributed by atoms with Crippen molar-refractivity contribution in [2.45, 2.75) is 12.8 Å². The van der Waals surface area contributed by atoms with Crippen LogP contribution in [0.2, 0.25) is 0 Å². The van der Waals surface area contributed by atoms with Gasteiger partial charge in [-0.05, 0) is 24.5 Å². The summed E-state index contributed by atoms with van der Waals surface area (Å²) in [5.41, 5.74) is 3.77. The van der Waals surface area contributed by atoms with E-state index < -0.39 is 0 Å². The minimum Gasteiger partial charge on any atom is -0.383 e. The Morgan fingerprint density at radius 2 is 2.13 bits per heavy atom. The Labute approximate surface area is 101 Å². The molecule has 0 saturated carbocycles. The summed E-state index contributed by atoms with van der Waals surface area (Å²) >= 11 is 0. The van der Waals surface area contributed by atoms with E-state index in [1.807, 2.05) is 12.3 Å². The van der Waals surface area contributed by atoms with Crippen molar-refractivity contribution >= 4 is 35.5 Å². The summed E-state index contributed by atoms with van der Waals surface area (Å²) in [4.78, 5) is 4.43. The van der Waals surface area contributed by atoms with Crippen molar-refractivity contribution in [1.29, 1.82) is 0 Å². The molecule has 1 aliphatic heterocycles. The smallest absolute Gasteiger partial charge is 0.0936 e. The van der Waals surface area contributed by atoms with Gasteiger partial charge in [0.05, 0.1) is 11.2 Å². The third-order valence-electron chi connectivity index (χ3n) is 2.79. The number of benzene rings is 1. The molecule has 15 heavy (non-hydrogen) atoms. The molecule has 3 heteroatoms. The first-order valence-electron chi connectivity index (χ1n) is 5.05. The van der Waals surface area contributed by atoms with Crippen molar-refractivity contribution in [3.8, 4) is 0 Å². The number of anilines is 1. The van der Waals surface area contributed by atoms with Crippen molar-refractivity contribution in [2.24, 2.45) is 0 Å². The van der Waals surface area contributed by atoms with E-state index in [0.29, 0.717) is 0 Å².